The van der Waals surface area contributed by atoms with Gasteiger partial charge in [-0.3, -0.25) is 4.68 Å². The Morgan fingerprint density at radius 1 is 1.27 bits per heavy atom. The monoisotopic (exact) mass is 208 g/mol. The predicted molar refractivity (Wildman–Crippen MR) is 65.0 cm³/mol. The van der Waals surface area contributed by atoms with Gasteiger partial charge in [-0.25, -0.2) is 0 Å². The van der Waals surface area contributed by atoms with Crippen molar-refractivity contribution < 1.29 is 0 Å². The Balaban J connectivity index is 2.19. The minimum Gasteiger partial charge on any atom is -0.272 e. The first-order chi connectivity index (χ1) is 7.25. The van der Waals surface area contributed by atoms with Crippen LogP contribution in [-0.4, -0.2) is 9.78 Å². The van der Waals surface area contributed by atoms with Crippen molar-refractivity contribution in [1.29, 1.82) is 0 Å². The summed E-state index contributed by atoms with van der Waals surface area (Å²) in [5.74, 6) is 0.652. The van der Waals surface area contributed by atoms with Crippen LogP contribution in [0.1, 0.15) is 64.0 Å². The fourth-order valence-corrected chi connectivity index (χ4v) is 2.07. The van der Waals surface area contributed by atoms with Gasteiger partial charge < -0.3 is 0 Å². The van der Waals surface area contributed by atoms with Crippen LogP contribution in [0.5, 0.6) is 0 Å². The molecule has 1 unspecified atom stereocenters. The van der Waals surface area contributed by atoms with Crippen LogP contribution in [0, 0.1) is 0 Å². The molecule has 0 amide bonds. The highest BCUT2D eigenvalue weighted by molar-refractivity contribution is 5.05. The number of aryl methyl sites for hydroxylation is 1. The SMILES string of the molecule is CCCCCCCC(C)c1ccnn1C. The quantitative estimate of drug-likeness (QED) is 0.622. The molecule has 1 aromatic rings. The molecule has 0 fully saturated rings. The summed E-state index contributed by atoms with van der Waals surface area (Å²) in [6.45, 7) is 4.56. The summed E-state index contributed by atoms with van der Waals surface area (Å²) < 4.78 is 2.00. The molecular formula is C13H24N2. The third-order valence-corrected chi connectivity index (χ3v) is 3.10. The first kappa shape index (κ1) is 12.3. The number of rotatable bonds is 7. The number of unbranched alkanes of at least 4 members (excludes halogenated alkanes) is 4. The molecule has 0 saturated carbocycles. The van der Waals surface area contributed by atoms with E-state index in [4.69, 9.17) is 0 Å². The Labute approximate surface area is 93.7 Å². The number of hydrogen-bond acceptors (Lipinski definition) is 1. The van der Waals surface area contributed by atoms with E-state index in [1.54, 1.807) is 0 Å². The zero-order valence-electron chi connectivity index (χ0n) is 10.4. The van der Waals surface area contributed by atoms with E-state index in [9.17, 15) is 0 Å². The third-order valence-electron chi connectivity index (χ3n) is 3.10. The second-order valence-corrected chi connectivity index (χ2v) is 4.48. The van der Waals surface area contributed by atoms with Gasteiger partial charge in [-0.05, 0) is 18.4 Å². The molecule has 0 aliphatic carbocycles. The molecule has 0 spiro atoms. The molecule has 0 aromatic carbocycles. The van der Waals surface area contributed by atoms with E-state index >= 15 is 0 Å². The molecule has 2 nitrogen and oxygen atoms in total. The Kier molecular flexibility index (Phi) is 5.44. The van der Waals surface area contributed by atoms with Crippen molar-refractivity contribution in [1.82, 2.24) is 9.78 Å². The van der Waals surface area contributed by atoms with E-state index in [1.807, 2.05) is 17.9 Å². The van der Waals surface area contributed by atoms with E-state index in [2.05, 4.69) is 25.0 Å². The highest BCUT2D eigenvalue weighted by Gasteiger charge is 2.08. The smallest absolute Gasteiger partial charge is 0.0492 e. The van der Waals surface area contributed by atoms with Crippen molar-refractivity contribution in [3.05, 3.63) is 18.0 Å². The average Bonchev–Trinajstić information content (AvgIpc) is 2.64. The lowest BCUT2D eigenvalue weighted by Crippen LogP contribution is -2.02. The van der Waals surface area contributed by atoms with Crippen LogP contribution >= 0.6 is 0 Å². The van der Waals surface area contributed by atoms with Gasteiger partial charge in [-0.1, -0.05) is 46.0 Å². The lowest BCUT2D eigenvalue weighted by atomic mass is 9.99. The van der Waals surface area contributed by atoms with E-state index in [-0.39, 0.29) is 0 Å². The summed E-state index contributed by atoms with van der Waals surface area (Å²) in [6.07, 6.45) is 10.0. The van der Waals surface area contributed by atoms with Gasteiger partial charge in [0, 0.05) is 18.9 Å². The molecule has 0 bridgehead atoms. The Morgan fingerprint density at radius 2 is 2.00 bits per heavy atom. The lowest BCUT2D eigenvalue weighted by molar-refractivity contribution is 0.541. The van der Waals surface area contributed by atoms with Crippen LogP contribution in [0.4, 0.5) is 0 Å². The molecule has 15 heavy (non-hydrogen) atoms. The van der Waals surface area contributed by atoms with Gasteiger partial charge in [0.2, 0.25) is 0 Å². The first-order valence-corrected chi connectivity index (χ1v) is 6.23. The van der Waals surface area contributed by atoms with Crippen LogP contribution in [0.15, 0.2) is 12.3 Å². The Hall–Kier alpha value is -0.790. The van der Waals surface area contributed by atoms with Gasteiger partial charge in [-0.2, -0.15) is 5.10 Å². The number of hydrogen-bond donors (Lipinski definition) is 0. The molecule has 1 atom stereocenters. The minimum absolute atomic E-state index is 0.652. The van der Waals surface area contributed by atoms with Gasteiger partial charge in [0.1, 0.15) is 0 Å². The number of nitrogens with zero attached hydrogens (tertiary/aromatic N) is 2. The molecule has 0 aliphatic rings. The molecule has 0 aliphatic heterocycles. The fraction of sp³-hybridized carbons (Fsp3) is 0.769. The van der Waals surface area contributed by atoms with E-state index in [1.165, 1.54) is 44.2 Å². The van der Waals surface area contributed by atoms with Crippen LogP contribution < -0.4 is 0 Å². The van der Waals surface area contributed by atoms with Gasteiger partial charge in [-0.15, -0.1) is 0 Å². The second-order valence-electron chi connectivity index (χ2n) is 4.48. The molecule has 1 heterocycles. The van der Waals surface area contributed by atoms with Crippen LogP contribution in [0.25, 0.3) is 0 Å². The zero-order valence-corrected chi connectivity index (χ0v) is 10.4. The summed E-state index contributed by atoms with van der Waals surface area (Å²) in [7, 11) is 2.03. The Bertz CT molecular complexity index is 265. The fourth-order valence-electron chi connectivity index (χ4n) is 2.07. The maximum atomic E-state index is 4.21. The standard InChI is InChI=1S/C13H24N2/c1-4-5-6-7-8-9-12(2)13-10-11-14-15(13)3/h10-12H,4-9H2,1-3H3. The van der Waals surface area contributed by atoms with Gasteiger partial charge in [0.15, 0.2) is 0 Å². The largest absolute Gasteiger partial charge is 0.272 e. The summed E-state index contributed by atoms with van der Waals surface area (Å²) in [5, 5.41) is 4.21. The first-order valence-electron chi connectivity index (χ1n) is 6.23. The lowest BCUT2D eigenvalue weighted by Gasteiger charge is -2.11. The van der Waals surface area contributed by atoms with Crippen molar-refractivity contribution in [3.63, 3.8) is 0 Å². The third kappa shape index (κ3) is 4.06. The van der Waals surface area contributed by atoms with Crippen LogP contribution in [-0.2, 0) is 7.05 Å². The van der Waals surface area contributed by atoms with E-state index in [0.29, 0.717) is 5.92 Å². The Morgan fingerprint density at radius 3 is 2.60 bits per heavy atom. The molecule has 2 heteroatoms. The predicted octanol–water partition coefficient (Wildman–Crippen LogP) is 3.88. The van der Waals surface area contributed by atoms with Crippen molar-refractivity contribution in [2.24, 2.45) is 7.05 Å². The molecule has 1 aromatic heterocycles. The van der Waals surface area contributed by atoms with Gasteiger partial charge in [0.25, 0.3) is 0 Å². The summed E-state index contributed by atoms with van der Waals surface area (Å²) in [5.41, 5.74) is 1.37. The number of aromatic nitrogens is 2. The summed E-state index contributed by atoms with van der Waals surface area (Å²) >= 11 is 0. The minimum atomic E-state index is 0.652. The highest BCUT2D eigenvalue weighted by atomic mass is 15.3. The molecule has 1 rings (SSSR count). The van der Waals surface area contributed by atoms with Crippen molar-refractivity contribution in [2.75, 3.05) is 0 Å². The maximum Gasteiger partial charge on any atom is 0.0492 e. The van der Waals surface area contributed by atoms with Crippen molar-refractivity contribution >= 4 is 0 Å². The van der Waals surface area contributed by atoms with Crippen molar-refractivity contribution in [2.45, 2.75) is 58.3 Å². The van der Waals surface area contributed by atoms with E-state index < -0.39 is 0 Å². The molecule has 0 N–H and O–H groups in total. The summed E-state index contributed by atoms with van der Waals surface area (Å²) in [4.78, 5) is 0. The van der Waals surface area contributed by atoms with E-state index in [0.717, 1.165) is 0 Å². The van der Waals surface area contributed by atoms with Gasteiger partial charge >= 0.3 is 0 Å². The molecular weight excluding hydrogens is 184 g/mol. The van der Waals surface area contributed by atoms with Crippen LogP contribution in [0.3, 0.4) is 0 Å². The van der Waals surface area contributed by atoms with Crippen LogP contribution in [0.2, 0.25) is 0 Å². The normalized spacial score (nSPS) is 13.0. The topological polar surface area (TPSA) is 17.8 Å². The highest BCUT2D eigenvalue weighted by Crippen LogP contribution is 2.21. The zero-order chi connectivity index (χ0) is 11.1. The molecule has 86 valence electrons. The average molecular weight is 208 g/mol. The maximum absolute atomic E-state index is 4.21. The second kappa shape index (κ2) is 6.65. The van der Waals surface area contributed by atoms with Gasteiger partial charge in [0.05, 0.1) is 0 Å². The molecule has 0 radical (unpaired) electrons. The van der Waals surface area contributed by atoms with Crippen molar-refractivity contribution in [3.8, 4) is 0 Å². The summed E-state index contributed by atoms with van der Waals surface area (Å²) in [6, 6.07) is 2.14. The molecule has 0 saturated heterocycles.